The molecule has 1 unspecified atom stereocenters. The maximum absolute atomic E-state index is 12.2. The van der Waals surface area contributed by atoms with Crippen molar-refractivity contribution in [2.45, 2.75) is 91.5 Å². The van der Waals surface area contributed by atoms with Gasteiger partial charge in [-0.2, -0.15) is 0 Å². The number of ketones is 1. The summed E-state index contributed by atoms with van der Waals surface area (Å²) in [6.45, 7) is 8.48. The van der Waals surface area contributed by atoms with Gasteiger partial charge >= 0.3 is 0 Å². The van der Waals surface area contributed by atoms with Crippen molar-refractivity contribution in [3.8, 4) is 0 Å². The molecule has 1 amide bonds. The van der Waals surface area contributed by atoms with Gasteiger partial charge in [-0.25, -0.2) is 0 Å². The minimum atomic E-state index is 0.127. The molecule has 0 aromatic rings. The second kappa shape index (κ2) is 6.34. The molecular formula is C23H37NO2. The molecule has 3 heteroatoms. The van der Waals surface area contributed by atoms with Gasteiger partial charge in [0.05, 0.1) is 0 Å². The fourth-order valence-corrected chi connectivity index (χ4v) is 8.34. The summed E-state index contributed by atoms with van der Waals surface area (Å²) in [6.07, 6.45) is 11.2. The Labute approximate surface area is 159 Å². The van der Waals surface area contributed by atoms with E-state index >= 15 is 0 Å². The maximum atomic E-state index is 12.2. The van der Waals surface area contributed by atoms with Crippen LogP contribution in [-0.4, -0.2) is 17.7 Å². The molecule has 4 aliphatic carbocycles. The predicted molar refractivity (Wildman–Crippen MR) is 104 cm³/mol. The average molecular weight is 360 g/mol. The highest BCUT2D eigenvalue weighted by Crippen LogP contribution is 2.67. The fraction of sp³-hybridized carbons (Fsp3) is 0.913. The van der Waals surface area contributed by atoms with Gasteiger partial charge in [0, 0.05) is 18.9 Å². The monoisotopic (exact) mass is 359 g/mol. The van der Waals surface area contributed by atoms with Gasteiger partial charge in [0.25, 0.3) is 0 Å². The summed E-state index contributed by atoms with van der Waals surface area (Å²) >= 11 is 0. The van der Waals surface area contributed by atoms with E-state index in [0.29, 0.717) is 23.2 Å². The minimum Gasteiger partial charge on any atom is -0.354 e. The molecule has 3 nitrogen and oxygen atoms in total. The van der Waals surface area contributed by atoms with Crippen LogP contribution in [0.1, 0.15) is 85.5 Å². The highest BCUT2D eigenvalue weighted by atomic mass is 16.1. The van der Waals surface area contributed by atoms with Crippen LogP contribution in [0, 0.1) is 40.4 Å². The van der Waals surface area contributed by atoms with Crippen molar-refractivity contribution < 1.29 is 9.59 Å². The summed E-state index contributed by atoms with van der Waals surface area (Å²) in [6, 6.07) is 0.393. The summed E-state index contributed by atoms with van der Waals surface area (Å²) in [5.41, 5.74) is 0.719. The van der Waals surface area contributed by atoms with Crippen molar-refractivity contribution in [1.82, 2.24) is 5.32 Å². The Morgan fingerprint density at radius 3 is 2.23 bits per heavy atom. The Morgan fingerprint density at radius 1 is 0.846 bits per heavy atom. The highest BCUT2D eigenvalue weighted by molar-refractivity contribution is 5.79. The van der Waals surface area contributed by atoms with E-state index in [9.17, 15) is 9.59 Å². The largest absolute Gasteiger partial charge is 0.354 e. The molecule has 0 bridgehead atoms. The SMILES string of the molecule is CC(=O)N[C@H]1CC[C@@]2(C)C(CC[C@H]3[C@@H]4CC[C@H](C(C)=O)[C@@]4(C)CC[C@@H]32)C1. The van der Waals surface area contributed by atoms with Gasteiger partial charge in [-0.1, -0.05) is 13.8 Å². The molecule has 8 atom stereocenters. The zero-order valence-electron chi connectivity index (χ0n) is 17.1. The van der Waals surface area contributed by atoms with Crippen LogP contribution in [0.15, 0.2) is 0 Å². The molecule has 0 saturated heterocycles. The molecule has 0 aliphatic heterocycles. The van der Waals surface area contributed by atoms with Crippen LogP contribution >= 0.6 is 0 Å². The number of amides is 1. The third kappa shape index (κ3) is 2.67. The van der Waals surface area contributed by atoms with Crippen molar-refractivity contribution in [1.29, 1.82) is 0 Å². The summed E-state index contributed by atoms with van der Waals surface area (Å²) in [5, 5.41) is 3.19. The standard InChI is InChI=1S/C23H37NO2/c1-14(25)19-7-8-20-18-6-5-16-13-17(24-15(2)26)9-11-22(16,3)21(18)10-12-23(19,20)4/h16-21H,5-13H2,1-4H3,(H,24,26)/t16?,17-,18-,19+,20-,21-,22-,23+/m0/s1. The van der Waals surface area contributed by atoms with E-state index in [-0.39, 0.29) is 11.3 Å². The first-order valence-electron chi connectivity index (χ1n) is 11.0. The molecule has 4 aliphatic rings. The smallest absolute Gasteiger partial charge is 0.217 e. The summed E-state index contributed by atoms with van der Waals surface area (Å²) in [5.74, 6) is 4.07. The lowest BCUT2D eigenvalue weighted by molar-refractivity contribution is -0.135. The van der Waals surface area contributed by atoms with E-state index in [1.165, 1.54) is 44.9 Å². The van der Waals surface area contributed by atoms with Crippen LogP contribution in [-0.2, 0) is 9.59 Å². The fourth-order valence-electron chi connectivity index (χ4n) is 8.34. The lowest BCUT2D eigenvalue weighted by Gasteiger charge is -2.61. The van der Waals surface area contributed by atoms with Gasteiger partial charge < -0.3 is 5.32 Å². The number of carbonyl (C=O) groups is 2. The molecule has 4 fully saturated rings. The molecule has 0 aromatic heterocycles. The number of hydrogen-bond donors (Lipinski definition) is 1. The van der Waals surface area contributed by atoms with Gasteiger partial charge in [-0.05, 0) is 99.2 Å². The Balaban J connectivity index is 1.54. The lowest BCUT2D eigenvalue weighted by Crippen LogP contribution is -2.55. The first kappa shape index (κ1) is 18.5. The highest BCUT2D eigenvalue weighted by Gasteiger charge is 2.60. The topological polar surface area (TPSA) is 46.2 Å². The van der Waals surface area contributed by atoms with Crippen LogP contribution in [0.5, 0.6) is 0 Å². The van der Waals surface area contributed by atoms with Crippen LogP contribution in [0.3, 0.4) is 0 Å². The van der Waals surface area contributed by atoms with E-state index < -0.39 is 0 Å². The Kier molecular flexibility index (Phi) is 4.51. The average Bonchev–Trinajstić information content (AvgIpc) is 2.92. The number of nitrogens with one attached hydrogen (secondary N) is 1. The Morgan fingerprint density at radius 2 is 1.54 bits per heavy atom. The van der Waals surface area contributed by atoms with Gasteiger partial charge in [0.1, 0.15) is 5.78 Å². The van der Waals surface area contributed by atoms with Crippen molar-refractivity contribution in [2.24, 2.45) is 40.4 Å². The molecule has 0 heterocycles. The van der Waals surface area contributed by atoms with Crippen LogP contribution in [0.25, 0.3) is 0 Å². The Hall–Kier alpha value is -0.860. The normalized spacial score (nSPS) is 50.3. The van der Waals surface area contributed by atoms with Gasteiger partial charge in [-0.3, -0.25) is 9.59 Å². The van der Waals surface area contributed by atoms with Crippen molar-refractivity contribution >= 4 is 11.7 Å². The lowest BCUT2D eigenvalue weighted by atomic mass is 9.44. The number of fused-ring (bicyclic) bond motifs is 5. The van der Waals surface area contributed by atoms with E-state index in [4.69, 9.17) is 0 Å². The van der Waals surface area contributed by atoms with Crippen molar-refractivity contribution in [3.63, 3.8) is 0 Å². The van der Waals surface area contributed by atoms with Gasteiger partial charge in [0.15, 0.2) is 0 Å². The van der Waals surface area contributed by atoms with Crippen molar-refractivity contribution in [2.75, 3.05) is 0 Å². The third-order valence-electron chi connectivity index (χ3n) is 9.56. The van der Waals surface area contributed by atoms with Crippen LogP contribution in [0.2, 0.25) is 0 Å². The quantitative estimate of drug-likeness (QED) is 0.774. The van der Waals surface area contributed by atoms with E-state index in [1.807, 2.05) is 6.92 Å². The summed E-state index contributed by atoms with van der Waals surface area (Å²) < 4.78 is 0. The maximum Gasteiger partial charge on any atom is 0.217 e. The number of hydrogen-bond acceptors (Lipinski definition) is 2. The third-order valence-corrected chi connectivity index (χ3v) is 9.56. The molecule has 146 valence electrons. The van der Waals surface area contributed by atoms with Gasteiger partial charge in [-0.15, -0.1) is 0 Å². The summed E-state index contributed by atoms with van der Waals surface area (Å²) in [7, 11) is 0. The Bertz CT molecular complexity index is 601. The first-order valence-corrected chi connectivity index (χ1v) is 11.0. The number of carbonyl (C=O) groups excluding carboxylic acids is 2. The molecule has 0 spiro atoms. The zero-order chi connectivity index (χ0) is 18.7. The molecule has 4 rings (SSSR count). The van der Waals surface area contributed by atoms with Crippen LogP contribution < -0.4 is 5.32 Å². The molecule has 4 saturated carbocycles. The molecular weight excluding hydrogens is 322 g/mol. The second-order valence-electron chi connectivity index (χ2n) is 10.6. The molecule has 1 N–H and O–H groups in total. The number of rotatable bonds is 2. The van der Waals surface area contributed by atoms with Crippen molar-refractivity contribution in [3.05, 3.63) is 0 Å². The molecule has 0 radical (unpaired) electrons. The second-order valence-corrected chi connectivity index (χ2v) is 10.6. The van der Waals surface area contributed by atoms with E-state index in [1.54, 1.807) is 6.92 Å². The minimum absolute atomic E-state index is 0.127. The van der Waals surface area contributed by atoms with E-state index in [0.717, 1.165) is 36.5 Å². The number of Topliss-reactive ketones (excluding diaryl/α,β-unsaturated/α-hetero) is 1. The zero-order valence-corrected chi connectivity index (χ0v) is 17.1. The first-order chi connectivity index (χ1) is 12.3. The predicted octanol–water partition coefficient (Wildman–Crippen LogP) is 4.74. The van der Waals surface area contributed by atoms with E-state index in [2.05, 4.69) is 19.2 Å². The molecule has 26 heavy (non-hydrogen) atoms. The molecule has 0 aromatic carbocycles. The summed E-state index contributed by atoms with van der Waals surface area (Å²) in [4.78, 5) is 23.7. The van der Waals surface area contributed by atoms with Gasteiger partial charge in [0.2, 0.25) is 5.91 Å². The van der Waals surface area contributed by atoms with Crippen LogP contribution in [0.4, 0.5) is 0 Å².